The van der Waals surface area contributed by atoms with Crippen LogP contribution in [0.2, 0.25) is 0 Å². The summed E-state index contributed by atoms with van der Waals surface area (Å²) in [5.41, 5.74) is 5.05. The minimum Gasteiger partial charge on any atom is -0.497 e. The molecule has 2 heterocycles. The first-order valence-corrected chi connectivity index (χ1v) is 9.11. The van der Waals surface area contributed by atoms with Crippen molar-refractivity contribution in [2.75, 3.05) is 12.4 Å². The van der Waals surface area contributed by atoms with Crippen LogP contribution in [0, 0.1) is 13.8 Å². The lowest BCUT2D eigenvalue weighted by Gasteiger charge is -2.24. The Kier molecular flexibility index (Phi) is 4.83. The summed E-state index contributed by atoms with van der Waals surface area (Å²) in [6.07, 6.45) is -0.143. The summed E-state index contributed by atoms with van der Waals surface area (Å²) >= 11 is 0. The van der Waals surface area contributed by atoms with Gasteiger partial charge in [-0.15, -0.1) is 5.10 Å². The quantitative estimate of drug-likeness (QED) is 0.753. The molecule has 0 fully saturated rings. The van der Waals surface area contributed by atoms with Crippen molar-refractivity contribution in [1.82, 2.24) is 15.0 Å². The van der Waals surface area contributed by atoms with Crippen LogP contribution in [-0.2, 0) is 17.9 Å². The van der Waals surface area contributed by atoms with Gasteiger partial charge in [0, 0.05) is 5.69 Å². The second-order valence-corrected chi connectivity index (χ2v) is 6.89. The summed E-state index contributed by atoms with van der Waals surface area (Å²) in [5, 5.41) is 11.1. The van der Waals surface area contributed by atoms with Crippen molar-refractivity contribution >= 4 is 11.6 Å². The molecule has 7 nitrogen and oxygen atoms in total. The van der Waals surface area contributed by atoms with Crippen molar-refractivity contribution in [3.63, 3.8) is 0 Å². The summed E-state index contributed by atoms with van der Waals surface area (Å²) in [6, 6.07) is 13.5. The summed E-state index contributed by atoms with van der Waals surface area (Å²) in [5.74, 6) is 0.516. The third-order valence-electron chi connectivity index (χ3n) is 5.07. The average molecular weight is 378 g/mol. The number of ether oxygens (including phenoxy) is 2. The van der Waals surface area contributed by atoms with E-state index in [0.29, 0.717) is 17.9 Å². The normalized spacial score (nSPS) is 15.8. The molecule has 0 spiro atoms. The van der Waals surface area contributed by atoms with Gasteiger partial charge in [-0.2, -0.15) is 0 Å². The summed E-state index contributed by atoms with van der Waals surface area (Å²) in [7, 11) is 1.64. The first kappa shape index (κ1) is 18.2. The van der Waals surface area contributed by atoms with E-state index in [1.807, 2.05) is 56.3 Å². The van der Waals surface area contributed by atoms with Gasteiger partial charge >= 0.3 is 0 Å². The van der Waals surface area contributed by atoms with Crippen molar-refractivity contribution in [2.45, 2.75) is 33.1 Å². The molecule has 0 saturated heterocycles. The highest BCUT2D eigenvalue weighted by molar-refractivity contribution is 6.03. The molecule has 0 aliphatic carbocycles. The number of amides is 1. The monoisotopic (exact) mass is 378 g/mol. The average Bonchev–Trinajstić information content (AvgIpc) is 3.14. The maximum Gasteiger partial charge on any atom is 0.278 e. The number of aromatic nitrogens is 3. The van der Waals surface area contributed by atoms with Crippen LogP contribution in [0.15, 0.2) is 42.5 Å². The number of rotatable bonds is 4. The number of carbonyl (C=O) groups excluding carboxylic acids is 1. The van der Waals surface area contributed by atoms with Gasteiger partial charge < -0.3 is 14.8 Å². The molecular formula is C21H22N4O3. The predicted molar refractivity (Wildman–Crippen MR) is 104 cm³/mol. The van der Waals surface area contributed by atoms with E-state index in [1.165, 1.54) is 5.56 Å². The summed E-state index contributed by atoms with van der Waals surface area (Å²) < 4.78 is 12.9. The first-order chi connectivity index (χ1) is 13.5. The number of nitrogens with one attached hydrogen (secondary N) is 1. The molecule has 0 saturated carbocycles. The Morgan fingerprint density at radius 2 is 1.96 bits per heavy atom. The fourth-order valence-electron chi connectivity index (χ4n) is 3.22. The van der Waals surface area contributed by atoms with Crippen molar-refractivity contribution in [3.05, 3.63) is 70.5 Å². The van der Waals surface area contributed by atoms with Crippen LogP contribution in [-0.4, -0.2) is 28.0 Å². The third kappa shape index (κ3) is 3.48. The van der Waals surface area contributed by atoms with Crippen LogP contribution in [0.3, 0.4) is 0 Å². The zero-order chi connectivity index (χ0) is 19.7. The number of anilines is 1. The van der Waals surface area contributed by atoms with Crippen molar-refractivity contribution < 1.29 is 14.3 Å². The number of aryl methyl sites for hydroxylation is 2. The van der Waals surface area contributed by atoms with Crippen molar-refractivity contribution in [3.8, 4) is 5.75 Å². The molecular weight excluding hydrogens is 356 g/mol. The van der Waals surface area contributed by atoms with E-state index in [1.54, 1.807) is 11.8 Å². The highest BCUT2D eigenvalue weighted by atomic mass is 16.5. The van der Waals surface area contributed by atoms with Crippen LogP contribution in [0.1, 0.15) is 39.0 Å². The summed E-state index contributed by atoms with van der Waals surface area (Å²) in [6.45, 7) is 4.83. The SMILES string of the molecule is COc1ccc([C@H]2Cn3nnc(C(=O)Nc4ccc(C)c(C)c4)c3CO2)cc1. The Hall–Kier alpha value is -3.19. The second-order valence-electron chi connectivity index (χ2n) is 6.89. The second kappa shape index (κ2) is 7.44. The van der Waals surface area contributed by atoms with Crippen LogP contribution in [0.5, 0.6) is 5.75 Å². The lowest BCUT2D eigenvalue weighted by molar-refractivity contribution is -0.00173. The van der Waals surface area contributed by atoms with Gasteiger partial charge in [0.25, 0.3) is 5.91 Å². The minimum atomic E-state index is -0.281. The zero-order valence-electron chi connectivity index (χ0n) is 16.1. The van der Waals surface area contributed by atoms with E-state index in [9.17, 15) is 4.79 Å². The van der Waals surface area contributed by atoms with E-state index in [2.05, 4.69) is 15.6 Å². The van der Waals surface area contributed by atoms with Crippen molar-refractivity contribution in [1.29, 1.82) is 0 Å². The van der Waals surface area contributed by atoms with Gasteiger partial charge in [0.05, 0.1) is 26.0 Å². The Labute approximate surface area is 163 Å². The van der Waals surface area contributed by atoms with E-state index in [4.69, 9.17) is 9.47 Å². The Bertz CT molecular complexity index is 1010. The van der Waals surface area contributed by atoms with Gasteiger partial charge in [-0.25, -0.2) is 4.68 Å². The van der Waals surface area contributed by atoms with E-state index in [0.717, 1.165) is 22.6 Å². The highest BCUT2D eigenvalue weighted by Crippen LogP contribution is 2.28. The van der Waals surface area contributed by atoms with Gasteiger partial charge in [-0.05, 0) is 54.8 Å². The lowest BCUT2D eigenvalue weighted by atomic mass is 10.1. The first-order valence-electron chi connectivity index (χ1n) is 9.11. The third-order valence-corrected chi connectivity index (χ3v) is 5.07. The molecule has 1 aromatic heterocycles. The highest BCUT2D eigenvalue weighted by Gasteiger charge is 2.27. The van der Waals surface area contributed by atoms with Crippen molar-refractivity contribution in [2.24, 2.45) is 0 Å². The number of carbonyl (C=O) groups is 1. The van der Waals surface area contributed by atoms with Gasteiger partial charge in [0.15, 0.2) is 5.69 Å². The van der Waals surface area contributed by atoms with Crippen LogP contribution < -0.4 is 10.1 Å². The molecule has 0 bridgehead atoms. The maximum absolute atomic E-state index is 12.7. The molecule has 0 radical (unpaired) electrons. The zero-order valence-corrected chi connectivity index (χ0v) is 16.1. The fraction of sp³-hybridized carbons (Fsp3) is 0.286. The number of hydrogen-bond acceptors (Lipinski definition) is 5. The molecule has 1 amide bonds. The van der Waals surface area contributed by atoms with Gasteiger partial charge in [0.1, 0.15) is 11.9 Å². The van der Waals surface area contributed by atoms with Gasteiger partial charge in [-0.3, -0.25) is 4.79 Å². The van der Waals surface area contributed by atoms with E-state index in [-0.39, 0.29) is 18.6 Å². The Balaban J connectivity index is 1.49. The number of fused-ring (bicyclic) bond motifs is 1. The number of methoxy groups -OCH3 is 1. The number of nitrogens with zero attached hydrogens (tertiary/aromatic N) is 3. The lowest BCUT2D eigenvalue weighted by Crippen LogP contribution is -2.24. The molecule has 2 aromatic carbocycles. The van der Waals surface area contributed by atoms with Gasteiger partial charge in [0.2, 0.25) is 0 Å². The molecule has 3 aromatic rings. The Morgan fingerprint density at radius 1 is 1.18 bits per heavy atom. The van der Waals surface area contributed by atoms with Gasteiger partial charge in [-0.1, -0.05) is 23.4 Å². The van der Waals surface area contributed by atoms with Crippen LogP contribution >= 0.6 is 0 Å². The molecule has 1 aliphatic heterocycles. The molecule has 0 unspecified atom stereocenters. The molecule has 144 valence electrons. The van der Waals surface area contributed by atoms with Crippen LogP contribution in [0.4, 0.5) is 5.69 Å². The predicted octanol–water partition coefficient (Wildman–Crippen LogP) is 3.43. The van der Waals surface area contributed by atoms with E-state index < -0.39 is 0 Å². The molecule has 1 aliphatic rings. The molecule has 4 rings (SSSR count). The maximum atomic E-state index is 12.7. The van der Waals surface area contributed by atoms with Crippen LogP contribution in [0.25, 0.3) is 0 Å². The summed E-state index contributed by atoms with van der Waals surface area (Å²) in [4.78, 5) is 12.7. The van der Waals surface area contributed by atoms with E-state index >= 15 is 0 Å². The number of benzene rings is 2. The molecule has 7 heteroatoms. The topological polar surface area (TPSA) is 78.3 Å². The molecule has 1 atom stereocenters. The Morgan fingerprint density at radius 3 is 2.68 bits per heavy atom. The molecule has 1 N–H and O–H groups in total. The minimum absolute atomic E-state index is 0.143. The smallest absolute Gasteiger partial charge is 0.278 e. The fourth-order valence-corrected chi connectivity index (χ4v) is 3.22. The molecule has 28 heavy (non-hydrogen) atoms. The number of hydrogen-bond donors (Lipinski definition) is 1. The standard InChI is InChI=1S/C21H22N4O3/c1-13-4-7-16(10-14(13)2)22-21(26)20-18-12-28-19(11-25(18)24-23-20)15-5-8-17(27-3)9-6-15/h4-10,19H,11-12H2,1-3H3,(H,22,26)/t19-/m1/s1. The largest absolute Gasteiger partial charge is 0.497 e.